The summed E-state index contributed by atoms with van der Waals surface area (Å²) in [5.41, 5.74) is 2.73. The van der Waals surface area contributed by atoms with Gasteiger partial charge in [0.05, 0.1) is 0 Å². The highest BCUT2D eigenvalue weighted by Gasteiger charge is 2.31. The molecule has 0 saturated heterocycles. The Hall–Kier alpha value is -0.860. The third-order valence-corrected chi connectivity index (χ3v) is 2.74. The molecule has 0 heterocycles. The minimum Gasteiger partial charge on any atom is -0.349 e. The lowest BCUT2D eigenvalue weighted by Crippen LogP contribution is -2.33. The first kappa shape index (κ1) is 8.73. The molecule has 70 valence electrons. The van der Waals surface area contributed by atoms with Gasteiger partial charge in [-0.15, -0.1) is 0 Å². The van der Waals surface area contributed by atoms with E-state index in [1.165, 1.54) is 11.1 Å². The Morgan fingerprint density at radius 3 is 2.69 bits per heavy atom. The molecule has 0 amide bonds. The van der Waals surface area contributed by atoms with Gasteiger partial charge in [-0.3, -0.25) is 0 Å². The summed E-state index contributed by atoms with van der Waals surface area (Å²) in [6.45, 7) is 0. The lowest BCUT2D eigenvalue weighted by Gasteiger charge is -2.31. The lowest BCUT2D eigenvalue weighted by molar-refractivity contribution is -0.169. The van der Waals surface area contributed by atoms with Gasteiger partial charge in [0.2, 0.25) is 0 Å². The summed E-state index contributed by atoms with van der Waals surface area (Å²) in [7, 11) is 3.36. The molecule has 0 fully saturated rings. The number of hydrogen-bond acceptors (Lipinski definition) is 2. The molecule has 0 N–H and O–H groups in total. The average molecular weight is 178 g/mol. The van der Waals surface area contributed by atoms with E-state index < -0.39 is 5.79 Å². The fourth-order valence-electron chi connectivity index (χ4n) is 1.85. The standard InChI is InChI=1S/C11H14O2/c1-12-11(13-2)7-6-9-4-3-5-10(9)8-11/h3-4,6-7H,5,8H2,1-2H3. The highest BCUT2D eigenvalue weighted by atomic mass is 16.7. The second-order valence-corrected chi connectivity index (χ2v) is 3.40. The van der Waals surface area contributed by atoms with Gasteiger partial charge in [0.15, 0.2) is 5.79 Å². The highest BCUT2D eigenvalue weighted by Crippen LogP contribution is 2.35. The molecule has 0 radical (unpaired) electrons. The van der Waals surface area contributed by atoms with E-state index >= 15 is 0 Å². The van der Waals surface area contributed by atoms with Crippen molar-refractivity contribution >= 4 is 0 Å². The van der Waals surface area contributed by atoms with Crippen LogP contribution in [0.15, 0.2) is 35.5 Å². The van der Waals surface area contributed by atoms with Crippen molar-refractivity contribution < 1.29 is 9.47 Å². The van der Waals surface area contributed by atoms with Crippen LogP contribution in [0.25, 0.3) is 0 Å². The number of allylic oxidation sites excluding steroid dienone is 4. The van der Waals surface area contributed by atoms with Gasteiger partial charge < -0.3 is 9.47 Å². The summed E-state index contributed by atoms with van der Waals surface area (Å²) >= 11 is 0. The number of methoxy groups -OCH3 is 2. The van der Waals surface area contributed by atoms with Crippen LogP contribution in [0.5, 0.6) is 0 Å². The largest absolute Gasteiger partial charge is 0.349 e. The smallest absolute Gasteiger partial charge is 0.191 e. The zero-order valence-electron chi connectivity index (χ0n) is 8.04. The van der Waals surface area contributed by atoms with E-state index in [2.05, 4.69) is 18.2 Å². The maximum Gasteiger partial charge on any atom is 0.191 e. The molecule has 0 aromatic rings. The number of ether oxygens (including phenoxy) is 2. The number of rotatable bonds is 2. The minimum atomic E-state index is -0.523. The third kappa shape index (κ3) is 1.36. The van der Waals surface area contributed by atoms with Gasteiger partial charge in [-0.2, -0.15) is 0 Å². The Bertz CT molecular complexity index is 293. The molecule has 0 saturated carbocycles. The van der Waals surface area contributed by atoms with Gasteiger partial charge >= 0.3 is 0 Å². The Morgan fingerprint density at radius 2 is 2.00 bits per heavy atom. The Labute approximate surface area is 78.5 Å². The van der Waals surface area contributed by atoms with Crippen molar-refractivity contribution in [2.75, 3.05) is 14.2 Å². The molecule has 0 aliphatic heterocycles. The quantitative estimate of drug-likeness (QED) is 0.603. The number of hydrogen-bond donors (Lipinski definition) is 0. The van der Waals surface area contributed by atoms with Crippen molar-refractivity contribution in [1.82, 2.24) is 0 Å². The van der Waals surface area contributed by atoms with Gasteiger partial charge in [-0.1, -0.05) is 23.8 Å². The zero-order chi connectivity index (χ0) is 9.31. The summed E-state index contributed by atoms with van der Waals surface area (Å²) in [6.07, 6.45) is 10.3. The predicted octanol–water partition coefficient (Wildman–Crippen LogP) is 2.19. The fourth-order valence-corrected chi connectivity index (χ4v) is 1.85. The van der Waals surface area contributed by atoms with Crippen molar-refractivity contribution in [1.29, 1.82) is 0 Å². The molecule has 0 spiro atoms. The van der Waals surface area contributed by atoms with Crippen LogP contribution >= 0.6 is 0 Å². The summed E-state index contributed by atoms with van der Waals surface area (Å²) < 4.78 is 10.7. The minimum absolute atomic E-state index is 0.523. The van der Waals surface area contributed by atoms with Crippen LogP contribution in [0, 0.1) is 0 Å². The van der Waals surface area contributed by atoms with Crippen LogP contribution in [0.2, 0.25) is 0 Å². The lowest BCUT2D eigenvalue weighted by atomic mass is 9.95. The first-order valence-electron chi connectivity index (χ1n) is 4.48. The molecule has 2 aliphatic rings. The highest BCUT2D eigenvalue weighted by molar-refractivity contribution is 5.45. The van der Waals surface area contributed by atoms with Crippen molar-refractivity contribution in [3.05, 3.63) is 35.5 Å². The van der Waals surface area contributed by atoms with E-state index in [4.69, 9.17) is 9.47 Å². The maximum absolute atomic E-state index is 5.37. The van der Waals surface area contributed by atoms with Crippen LogP contribution in [0.4, 0.5) is 0 Å². The molecule has 0 aromatic carbocycles. The van der Waals surface area contributed by atoms with E-state index in [9.17, 15) is 0 Å². The van der Waals surface area contributed by atoms with Crippen LogP contribution in [0.3, 0.4) is 0 Å². The molecular weight excluding hydrogens is 164 g/mol. The topological polar surface area (TPSA) is 18.5 Å². The van der Waals surface area contributed by atoms with E-state index in [0.717, 1.165) is 12.8 Å². The SMILES string of the molecule is COC1(OC)C=CC2=C(CC=C2)C1. The first-order valence-corrected chi connectivity index (χ1v) is 4.48. The van der Waals surface area contributed by atoms with E-state index in [-0.39, 0.29) is 0 Å². The summed E-state index contributed by atoms with van der Waals surface area (Å²) in [5.74, 6) is -0.523. The van der Waals surface area contributed by atoms with Gasteiger partial charge in [-0.05, 0) is 18.1 Å². The van der Waals surface area contributed by atoms with Crippen molar-refractivity contribution in [2.45, 2.75) is 18.6 Å². The Morgan fingerprint density at radius 1 is 1.23 bits per heavy atom. The first-order chi connectivity index (χ1) is 6.29. The van der Waals surface area contributed by atoms with Crippen molar-refractivity contribution in [3.8, 4) is 0 Å². The van der Waals surface area contributed by atoms with E-state index in [1.807, 2.05) is 6.08 Å². The second kappa shape index (κ2) is 3.13. The molecule has 0 aromatic heterocycles. The molecule has 13 heavy (non-hydrogen) atoms. The summed E-state index contributed by atoms with van der Waals surface area (Å²) in [4.78, 5) is 0. The van der Waals surface area contributed by atoms with Gasteiger partial charge in [-0.25, -0.2) is 0 Å². The fraction of sp³-hybridized carbons (Fsp3) is 0.455. The molecule has 0 unspecified atom stereocenters. The summed E-state index contributed by atoms with van der Waals surface area (Å²) in [5, 5.41) is 0. The van der Waals surface area contributed by atoms with E-state index in [0.29, 0.717) is 0 Å². The van der Waals surface area contributed by atoms with Crippen LogP contribution in [0.1, 0.15) is 12.8 Å². The molecule has 0 atom stereocenters. The molecule has 2 heteroatoms. The van der Waals surface area contributed by atoms with Gasteiger partial charge in [0.25, 0.3) is 0 Å². The van der Waals surface area contributed by atoms with Gasteiger partial charge in [0.1, 0.15) is 0 Å². The van der Waals surface area contributed by atoms with Crippen LogP contribution < -0.4 is 0 Å². The molecule has 2 nitrogen and oxygen atoms in total. The van der Waals surface area contributed by atoms with Gasteiger partial charge in [0, 0.05) is 20.6 Å². The zero-order valence-corrected chi connectivity index (χ0v) is 8.04. The Balaban J connectivity index is 2.22. The maximum atomic E-state index is 5.37. The molecule has 0 bridgehead atoms. The summed E-state index contributed by atoms with van der Waals surface area (Å²) in [6, 6.07) is 0. The molecular formula is C11H14O2. The van der Waals surface area contributed by atoms with Crippen molar-refractivity contribution in [3.63, 3.8) is 0 Å². The molecule has 2 aliphatic carbocycles. The molecule has 2 rings (SSSR count). The average Bonchev–Trinajstić information content (AvgIpc) is 2.64. The van der Waals surface area contributed by atoms with Crippen LogP contribution in [-0.4, -0.2) is 20.0 Å². The Kier molecular flexibility index (Phi) is 2.10. The van der Waals surface area contributed by atoms with Crippen molar-refractivity contribution in [2.24, 2.45) is 0 Å². The van der Waals surface area contributed by atoms with E-state index in [1.54, 1.807) is 14.2 Å². The predicted molar refractivity (Wildman–Crippen MR) is 51.3 cm³/mol. The van der Waals surface area contributed by atoms with Crippen LogP contribution in [-0.2, 0) is 9.47 Å². The monoisotopic (exact) mass is 178 g/mol. The normalized spacial score (nSPS) is 23.8. The third-order valence-electron chi connectivity index (χ3n) is 2.74. The second-order valence-electron chi connectivity index (χ2n) is 3.40.